The fourth-order valence-electron chi connectivity index (χ4n) is 18.1. The van der Waals surface area contributed by atoms with Crippen molar-refractivity contribution in [3.8, 4) is 0 Å². The van der Waals surface area contributed by atoms with E-state index in [4.69, 9.17) is 71.1 Å². The zero-order chi connectivity index (χ0) is 53.4. The largest absolute Gasteiger partial charge is 0.459 e. The standard InChI is InChI=1S/C59H84O19/c1-26-15-32-7-9-36-27(2)16-34(64-36)11-13-56-25-59(63)55(78-56)54-53(77-59)52(76-56)51-38(69-54)10-8-33(66-51)17-46(62)71-50-31(6)49-42(67-41(50)19-39(65-32)30(26)5)20-40-44(70-49)23-58(72-40)24-45-48(75-58)29(4)22-57(74-45)21-28(3)47-43(73-57)18-35(61)37(68-47)12-14-60/h26,28-29,31-45,47-55,60-61,63H,2,5,7-25H2,1,3-4,6H3/t26-,28+,29+,31+,32+,33-,34+,35-,36+,37-,38+,39-,40-,41+,42+,43+,44-,45+,47+,48+,49+,50-,51+,52+,53?,54-,55-,56-,57-,58+,59+/m1/s1. The van der Waals surface area contributed by atoms with Crippen molar-refractivity contribution in [3.05, 3.63) is 24.3 Å². The molecule has 0 aliphatic carbocycles. The van der Waals surface area contributed by atoms with E-state index in [1.807, 2.05) is 0 Å². The van der Waals surface area contributed by atoms with E-state index in [2.05, 4.69) is 40.9 Å². The number of ether oxygens (including phenoxy) is 15. The van der Waals surface area contributed by atoms with E-state index in [9.17, 15) is 20.1 Å². The van der Waals surface area contributed by atoms with Crippen molar-refractivity contribution in [1.82, 2.24) is 0 Å². The summed E-state index contributed by atoms with van der Waals surface area (Å²) in [6.07, 6.45) is 1.01. The van der Waals surface area contributed by atoms with Gasteiger partial charge in [-0.05, 0) is 80.3 Å². The van der Waals surface area contributed by atoms with Crippen LogP contribution in [0.25, 0.3) is 0 Å². The minimum atomic E-state index is -1.54. The van der Waals surface area contributed by atoms with Crippen molar-refractivity contribution in [2.45, 2.75) is 307 Å². The Kier molecular flexibility index (Phi) is 13.2. The first-order valence-electron chi connectivity index (χ1n) is 30.3. The number of rotatable bonds is 2. The molecular weight excluding hydrogens is 1010 g/mol. The molecule has 0 saturated carbocycles. The molecule has 0 amide bonds. The molecule has 16 aliphatic heterocycles. The van der Waals surface area contributed by atoms with E-state index >= 15 is 0 Å². The van der Waals surface area contributed by atoms with Gasteiger partial charge in [-0.2, -0.15) is 0 Å². The van der Waals surface area contributed by atoms with Gasteiger partial charge in [0.1, 0.15) is 36.6 Å². The number of aliphatic hydroxyl groups is 3. The molecule has 0 radical (unpaired) electrons. The van der Waals surface area contributed by atoms with Crippen molar-refractivity contribution >= 4 is 5.97 Å². The summed E-state index contributed by atoms with van der Waals surface area (Å²) in [5.41, 5.74) is 2.09. The van der Waals surface area contributed by atoms with Crippen LogP contribution in [0.5, 0.6) is 0 Å². The highest BCUT2D eigenvalue weighted by atomic mass is 16.8. The Labute approximate surface area is 457 Å². The SMILES string of the molecule is C=C1C[C@@H]2CC[C@@]34C[C@]5(O)OC6[C@@H](O3)[C@H]3O[C@H](CC[C@@H]3O[C@H]6[C@H]5O4)CC(=O)O[C@@H]3[C@@H](C)[C@@H]4O[C@@H]5C[C@]6(C[C@@H]7O[C@]8(C[C@H](C)[C@@H]9O[C@H](CCO)[C@H](O)C[C@@H]9O8)C[C@H](C)[C@@H]7O6)O[C@@H]5C[C@@H]4O[C@H]3C[C@H]3O[C@@H](CC[C@@H]1O2)C[C@@H](C)C3=C. The normalized spacial score (nSPS) is 59.0. The molecular formula is C59H84O19. The Morgan fingerprint density at radius 1 is 0.538 bits per heavy atom. The second-order valence-corrected chi connectivity index (χ2v) is 27.2. The van der Waals surface area contributed by atoms with Crippen LogP contribution < -0.4 is 0 Å². The maximum absolute atomic E-state index is 14.6. The minimum absolute atomic E-state index is 0.0222. The van der Waals surface area contributed by atoms with Gasteiger partial charge >= 0.3 is 5.97 Å². The number of hydrogen-bond acceptors (Lipinski definition) is 19. The molecule has 16 aliphatic rings. The molecule has 1 unspecified atom stereocenters. The van der Waals surface area contributed by atoms with Gasteiger partial charge in [-0.3, -0.25) is 4.79 Å². The number of carbonyl (C=O) groups excluding carboxylic acids is 1. The van der Waals surface area contributed by atoms with Crippen LogP contribution in [-0.4, -0.2) is 191 Å². The lowest BCUT2D eigenvalue weighted by Gasteiger charge is -2.54. The Morgan fingerprint density at radius 3 is 2.09 bits per heavy atom. The van der Waals surface area contributed by atoms with Gasteiger partial charge in [0.15, 0.2) is 17.4 Å². The summed E-state index contributed by atoms with van der Waals surface area (Å²) < 4.78 is 103. The third-order valence-corrected chi connectivity index (χ3v) is 21.7. The predicted octanol–water partition coefficient (Wildman–Crippen LogP) is 4.88. The van der Waals surface area contributed by atoms with Crippen molar-refractivity contribution in [1.29, 1.82) is 0 Å². The maximum Gasteiger partial charge on any atom is 0.308 e. The molecule has 12 bridgehead atoms. The minimum Gasteiger partial charge on any atom is -0.459 e. The average Bonchev–Trinajstić information content (AvgIpc) is 3.47. The van der Waals surface area contributed by atoms with Crippen LogP contribution >= 0.6 is 0 Å². The van der Waals surface area contributed by atoms with Gasteiger partial charge in [0.2, 0.25) is 5.79 Å². The molecule has 16 fully saturated rings. The predicted molar refractivity (Wildman–Crippen MR) is 269 cm³/mol. The lowest BCUT2D eigenvalue weighted by molar-refractivity contribution is -0.371. The molecule has 16 heterocycles. The van der Waals surface area contributed by atoms with Gasteiger partial charge in [-0.15, -0.1) is 0 Å². The zero-order valence-electron chi connectivity index (χ0n) is 45.8. The quantitative estimate of drug-likeness (QED) is 0.248. The lowest BCUT2D eigenvalue weighted by Crippen LogP contribution is -2.62. The molecule has 31 atom stereocenters. The molecule has 0 aromatic carbocycles. The smallest absolute Gasteiger partial charge is 0.308 e. The molecule has 19 heteroatoms. The Balaban J connectivity index is 0.667. The maximum atomic E-state index is 14.6. The lowest BCUT2D eigenvalue weighted by atomic mass is 9.78. The fraction of sp³-hybridized carbons (Fsp3) is 0.915. The van der Waals surface area contributed by atoms with Crippen LogP contribution in [0.2, 0.25) is 0 Å². The Hall–Kier alpha value is -1.73. The van der Waals surface area contributed by atoms with E-state index in [0.717, 1.165) is 36.8 Å². The number of esters is 1. The number of carbonyl (C=O) groups is 1. The highest BCUT2D eigenvalue weighted by Crippen LogP contribution is 2.59. The molecule has 3 spiro atoms. The number of aliphatic hydroxyl groups excluding tert-OH is 2. The summed E-state index contributed by atoms with van der Waals surface area (Å²) in [7, 11) is 0. The molecule has 16 rings (SSSR count). The summed E-state index contributed by atoms with van der Waals surface area (Å²) in [5, 5.41) is 32.5. The van der Waals surface area contributed by atoms with Crippen LogP contribution in [0.15, 0.2) is 24.3 Å². The molecule has 19 nitrogen and oxygen atoms in total. The van der Waals surface area contributed by atoms with Gasteiger partial charge in [0.25, 0.3) is 0 Å². The molecule has 0 aromatic heterocycles. The van der Waals surface area contributed by atoms with Crippen LogP contribution in [0, 0.1) is 23.7 Å². The van der Waals surface area contributed by atoms with Crippen LogP contribution in [0.3, 0.4) is 0 Å². The van der Waals surface area contributed by atoms with E-state index in [-0.39, 0.29) is 122 Å². The molecule has 0 aromatic rings. The van der Waals surface area contributed by atoms with E-state index < -0.39 is 90.3 Å². The number of fused-ring (bicyclic) bond motifs is 10. The average molecular weight is 1100 g/mol. The number of hydrogen-bond donors (Lipinski definition) is 3. The van der Waals surface area contributed by atoms with Crippen LogP contribution in [0.4, 0.5) is 0 Å². The van der Waals surface area contributed by atoms with Crippen molar-refractivity contribution in [2.24, 2.45) is 23.7 Å². The van der Waals surface area contributed by atoms with E-state index in [1.165, 1.54) is 0 Å². The first-order chi connectivity index (χ1) is 37.4. The van der Waals surface area contributed by atoms with Crippen LogP contribution in [-0.2, 0) is 75.8 Å². The summed E-state index contributed by atoms with van der Waals surface area (Å²) in [6.45, 7) is 17.7. The van der Waals surface area contributed by atoms with Gasteiger partial charge in [0.05, 0.1) is 117 Å². The summed E-state index contributed by atoms with van der Waals surface area (Å²) in [6, 6.07) is 0. The monoisotopic (exact) mass is 1100 g/mol. The van der Waals surface area contributed by atoms with E-state index in [0.29, 0.717) is 77.0 Å². The van der Waals surface area contributed by atoms with Crippen molar-refractivity contribution in [2.75, 3.05) is 6.61 Å². The molecule has 434 valence electrons. The zero-order valence-corrected chi connectivity index (χ0v) is 45.8. The topological polar surface area (TPSA) is 216 Å². The summed E-state index contributed by atoms with van der Waals surface area (Å²) >= 11 is 0. The molecule has 78 heavy (non-hydrogen) atoms. The first kappa shape index (κ1) is 53.0. The Bertz CT molecular complexity index is 2340. The van der Waals surface area contributed by atoms with Crippen molar-refractivity contribution < 1.29 is 91.2 Å². The molecule has 3 N–H and O–H groups in total. The van der Waals surface area contributed by atoms with Gasteiger partial charge in [-0.1, -0.05) is 40.9 Å². The van der Waals surface area contributed by atoms with E-state index in [1.54, 1.807) is 0 Å². The fourth-order valence-corrected chi connectivity index (χ4v) is 18.1. The first-order valence-corrected chi connectivity index (χ1v) is 30.3. The molecule has 16 saturated heterocycles. The third kappa shape index (κ3) is 8.85. The summed E-state index contributed by atoms with van der Waals surface area (Å²) in [5.74, 6) is -4.62. The second-order valence-electron chi connectivity index (χ2n) is 27.2. The highest BCUT2D eigenvalue weighted by Gasteiger charge is 2.75. The Morgan fingerprint density at radius 2 is 1.24 bits per heavy atom. The third-order valence-electron chi connectivity index (χ3n) is 21.7. The highest BCUT2D eigenvalue weighted by molar-refractivity contribution is 5.70. The summed E-state index contributed by atoms with van der Waals surface area (Å²) in [4.78, 5) is 14.6. The van der Waals surface area contributed by atoms with Gasteiger partial charge in [0, 0.05) is 63.9 Å². The van der Waals surface area contributed by atoms with Crippen LogP contribution in [0.1, 0.15) is 143 Å². The van der Waals surface area contributed by atoms with Crippen molar-refractivity contribution in [3.63, 3.8) is 0 Å². The van der Waals surface area contributed by atoms with Gasteiger partial charge < -0.3 is 86.4 Å². The second kappa shape index (κ2) is 19.4. The van der Waals surface area contributed by atoms with Gasteiger partial charge in [-0.25, -0.2) is 0 Å².